The van der Waals surface area contributed by atoms with Crippen LogP contribution in [0.3, 0.4) is 0 Å². The number of hydrogen-bond acceptors (Lipinski definition) is 5. The van der Waals surface area contributed by atoms with Gasteiger partial charge in [-0.05, 0) is 69.2 Å². The van der Waals surface area contributed by atoms with Crippen LogP contribution in [-0.2, 0) is 0 Å². The van der Waals surface area contributed by atoms with Gasteiger partial charge in [0.25, 0.3) is 11.5 Å². The number of nitrogens with zero attached hydrogens (tertiary/aromatic N) is 2. The lowest BCUT2D eigenvalue weighted by atomic mass is 10.1. The number of aromatic nitrogens is 2. The summed E-state index contributed by atoms with van der Waals surface area (Å²) in [5.74, 6) is 1.95. The summed E-state index contributed by atoms with van der Waals surface area (Å²) in [6.07, 6.45) is -0.412. The molecule has 1 aliphatic rings. The van der Waals surface area contributed by atoms with Crippen LogP contribution in [0.25, 0.3) is 0 Å². The van der Waals surface area contributed by atoms with E-state index in [0.29, 0.717) is 24.2 Å². The van der Waals surface area contributed by atoms with Gasteiger partial charge in [0.05, 0.1) is 6.61 Å². The molecule has 30 heavy (non-hydrogen) atoms. The van der Waals surface area contributed by atoms with Crippen molar-refractivity contribution in [2.24, 2.45) is 0 Å². The van der Waals surface area contributed by atoms with E-state index in [-0.39, 0.29) is 5.56 Å². The summed E-state index contributed by atoms with van der Waals surface area (Å²) in [5, 5.41) is 6.64. The minimum Gasteiger partial charge on any atom is -0.494 e. The Balaban J connectivity index is 1.77. The molecule has 4 rings (SSSR count). The van der Waals surface area contributed by atoms with Gasteiger partial charge in [-0.15, -0.1) is 0 Å². The Kier molecular flexibility index (Phi) is 5.27. The zero-order valence-corrected chi connectivity index (χ0v) is 17.6. The molecule has 0 saturated carbocycles. The van der Waals surface area contributed by atoms with Crippen molar-refractivity contribution in [3.63, 3.8) is 0 Å². The first kappa shape index (κ1) is 19.7. The van der Waals surface area contributed by atoms with E-state index < -0.39 is 6.17 Å². The van der Waals surface area contributed by atoms with E-state index in [1.807, 2.05) is 50.2 Å². The summed E-state index contributed by atoms with van der Waals surface area (Å²) in [4.78, 5) is 20.8. The third-order valence-electron chi connectivity index (χ3n) is 5.23. The summed E-state index contributed by atoms with van der Waals surface area (Å²) < 4.78 is 7.17. The molecule has 7 heteroatoms. The van der Waals surface area contributed by atoms with E-state index in [0.717, 1.165) is 22.6 Å². The first-order valence-electron chi connectivity index (χ1n) is 10.0. The lowest BCUT2D eigenvalue weighted by Gasteiger charge is -2.23. The zero-order valence-electron chi connectivity index (χ0n) is 17.6. The molecular formula is C23H26N5O2+. The lowest BCUT2D eigenvalue weighted by Crippen LogP contribution is -2.82. The van der Waals surface area contributed by atoms with Crippen LogP contribution in [0, 0.1) is 20.8 Å². The molecule has 0 aliphatic carbocycles. The number of guanidine groups is 1. The van der Waals surface area contributed by atoms with Crippen molar-refractivity contribution >= 4 is 17.6 Å². The second kappa shape index (κ2) is 8.02. The monoisotopic (exact) mass is 404 g/mol. The molecule has 2 heterocycles. The van der Waals surface area contributed by atoms with Gasteiger partial charge in [-0.25, -0.2) is 20.2 Å². The van der Waals surface area contributed by atoms with Crippen LogP contribution in [0.2, 0.25) is 0 Å². The number of anilines is 2. The van der Waals surface area contributed by atoms with Crippen molar-refractivity contribution in [3.8, 4) is 5.75 Å². The highest BCUT2D eigenvalue weighted by Crippen LogP contribution is 2.21. The summed E-state index contributed by atoms with van der Waals surface area (Å²) in [7, 11) is 0. The molecule has 3 aromatic rings. The molecule has 1 atom stereocenters. The van der Waals surface area contributed by atoms with Gasteiger partial charge in [-0.1, -0.05) is 12.1 Å². The van der Waals surface area contributed by atoms with Gasteiger partial charge in [0.15, 0.2) is 6.17 Å². The second-order valence-electron chi connectivity index (χ2n) is 7.35. The second-order valence-corrected chi connectivity index (χ2v) is 7.35. The molecule has 0 amide bonds. The number of benzene rings is 2. The highest BCUT2D eigenvalue weighted by atomic mass is 16.5. The van der Waals surface area contributed by atoms with Crippen LogP contribution in [0.15, 0.2) is 53.3 Å². The summed E-state index contributed by atoms with van der Waals surface area (Å²) in [6, 6.07) is 15.4. The van der Waals surface area contributed by atoms with Crippen LogP contribution in [0.5, 0.6) is 5.75 Å². The van der Waals surface area contributed by atoms with Gasteiger partial charge in [0, 0.05) is 17.3 Å². The quantitative estimate of drug-likeness (QED) is 0.620. The lowest BCUT2D eigenvalue weighted by molar-refractivity contribution is -0.520. The van der Waals surface area contributed by atoms with Gasteiger partial charge < -0.3 is 4.74 Å². The number of ether oxygens (including phenoxy) is 1. The van der Waals surface area contributed by atoms with Gasteiger partial charge in [0.1, 0.15) is 11.4 Å². The van der Waals surface area contributed by atoms with Gasteiger partial charge in [-0.3, -0.25) is 9.79 Å². The van der Waals surface area contributed by atoms with Crippen molar-refractivity contribution in [1.29, 1.82) is 0 Å². The van der Waals surface area contributed by atoms with E-state index >= 15 is 0 Å². The Morgan fingerprint density at radius 2 is 1.93 bits per heavy atom. The van der Waals surface area contributed by atoms with E-state index in [1.165, 1.54) is 11.6 Å². The van der Waals surface area contributed by atoms with Crippen LogP contribution < -0.4 is 25.9 Å². The van der Waals surface area contributed by atoms with Gasteiger partial charge in [-0.2, -0.15) is 0 Å². The average molecular weight is 404 g/mol. The molecule has 0 fully saturated rings. The Bertz CT molecular complexity index is 1170. The van der Waals surface area contributed by atoms with Crippen molar-refractivity contribution in [1.82, 2.24) is 9.55 Å². The standard InChI is InChI=1S/C23H25N5O2/c1-5-30-18-11-9-17(10-12-18)21-26-22(25-19-8-6-7-14(2)16(19)4)27-23-24-15(3)13-20(29)28(21)23/h6-13,21H,5H2,1-4H3,(H2,24,25,26,27)/p+1/t21-/m1/s1. The molecule has 2 aromatic carbocycles. The Morgan fingerprint density at radius 1 is 1.17 bits per heavy atom. The average Bonchev–Trinajstić information content (AvgIpc) is 2.71. The maximum absolute atomic E-state index is 12.8. The topological polar surface area (TPSA) is 82.2 Å². The molecule has 0 saturated heterocycles. The Morgan fingerprint density at radius 3 is 2.67 bits per heavy atom. The number of hydrogen-bond donors (Lipinski definition) is 3. The van der Waals surface area contributed by atoms with Gasteiger partial charge in [0.2, 0.25) is 0 Å². The number of rotatable bonds is 4. The fraction of sp³-hybridized carbons (Fsp3) is 0.261. The predicted octanol–water partition coefficient (Wildman–Crippen LogP) is 2.09. The fourth-order valence-corrected chi connectivity index (χ4v) is 3.53. The summed E-state index contributed by atoms with van der Waals surface area (Å²) in [5.41, 5.74) is 4.81. The Labute approximate surface area is 175 Å². The number of nitrogens with one attached hydrogen (secondary N) is 3. The molecule has 7 nitrogen and oxygen atoms in total. The summed E-state index contributed by atoms with van der Waals surface area (Å²) >= 11 is 0. The normalized spacial score (nSPS) is 15.1. The number of fused-ring (bicyclic) bond motifs is 1. The van der Waals surface area contributed by atoms with E-state index in [4.69, 9.17) is 4.74 Å². The minimum absolute atomic E-state index is 0.123. The highest BCUT2D eigenvalue weighted by molar-refractivity contribution is 5.99. The molecular weight excluding hydrogens is 378 g/mol. The fourth-order valence-electron chi connectivity index (χ4n) is 3.53. The van der Waals surface area contributed by atoms with E-state index in [2.05, 4.69) is 40.5 Å². The highest BCUT2D eigenvalue weighted by Gasteiger charge is 2.29. The molecule has 1 aliphatic heterocycles. The smallest absolute Gasteiger partial charge is 0.357 e. The van der Waals surface area contributed by atoms with Crippen molar-refractivity contribution < 1.29 is 9.73 Å². The minimum atomic E-state index is -0.412. The van der Waals surface area contributed by atoms with Crippen LogP contribution in [0.4, 0.5) is 11.6 Å². The Hall–Kier alpha value is -3.61. The number of aryl methyl sites for hydroxylation is 2. The molecule has 154 valence electrons. The molecule has 0 bridgehead atoms. The van der Waals surface area contributed by atoms with Gasteiger partial charge >= 0.3 is 5.96 Å². The van der Waals surface area contributed by atoms with Crippen molar-refractivity contribution in [2.75, 3.05) is 17.2 Å². The zero-order chi connectivity index (χ0) is 21.3. The largest absolute Gasteiger partial charge is 0.494 e. The van der Waals surface area contributed by atoms with Crippen LogP contribution in [0.1, 0.15) is 35.5 Å². The maximum atomic E-state index is 12.8. The molecule has 0 radical (unpaired) electrons. The molecule has 0 spiro atoms. The first-order valence-corrected chi connectivity index (χ1v) is 10.0. The van der Waals surface area contributed by atoms with Crippen molar-refractivity contribution in [3.05, 3.63) is 81.3 Å². The third-order valence-corrected chi connectivity index (χ3v) is 5.23. The summed E-state index contributed by atoms with van der Waals surface area (Å²) in [6.45, 7) is 8.53. The van der Waals surface area contributed by atoms with E-state index in [9.17, 15) is 4.79 Å². The maximum Gasteiger partial charge on any atom is 0.357 e. The molecule has 1 aromatic heterocycles. The molecule has 0 unspecified atom stereocenters. The third kappa shape index (κ3) is 3.78. The van der Waals surface area contributed by atoms with Crippen molar-refractivity contribution in [2.45, 2.75) is 33.9 Å². The SMILES string of the molecule is CCOc1ccc([C@@H]2[NH+]=C(Nc3cccc(C)c3C)Nc3nc(C)cc(=O)n32)cc1. The predicted molar refractivity (Wildman–Crippen MR) is 118 cm³/mol. The van der Waals surface area contributed by atoms with E-state index in [1.54, 1.807) is 4.57 Å². The van der Waals surface area contributed by atoms with Crippen LogP contribution >= 0.6 is 0 Å². The first-order chi connectivity index (χ1) is 14.5. The molecule has 3 N–H and O–H groups in total. The van der Waals surface area contributed by atoms with Crippen LogP contribution in [-0.4, -0.2) is 22.1 Å².